The minimum atomic E-state index is -3.70. The van der Waals surface area contributed by atoms with Crippen LogP contribution in [0.15, 0.2) is 65.0 Å². The van der Waals surface area contributed by atoms with E-state index in [1.807, 2.05) is 25.1 Å². The molecule has 0 radical (unpaired) electrons. The van der Waals surface area contributed by atoms with Crippen molar-refractivity contribution >= 4 is 54.8 Å². The number of anilines is 1. The Morgan fingerprint density at radius 2 is 1.94 bits per heavy atom. The van der Waals surface area contributed by atoms with E-state index in [-0.39, 0.29) is 17.1 Å². The number of fused-ring (bicyclic) bond motifs is 1. The molecule has 0 bridgehead atoms. The summed E-state index contributed by atoms with van der Waals surface area (Å²) >= 11 is 7.27. The Hall–Kier alpha value is -2.68. The molecule has 0 atom stereocenters. The molecule has 160 valence electrons. The molecule has 0 fully saturated rings. The summed E-state index contributed by atoms with van der Waals surface area (Å²) in [5.41, 5.74) is 2.91. The van der Waals surface area contributed by atoms with Gasteiger partial charge in [-0.3, -0.25) is 9.52 Å². The number of ketones is 1. The van der Waals surface area contributed by atoms with Gasteiger partial charge in [-0.05, 0) is 48.9 Å². The van der Waals surface area contributed by atoms with Crippen molar-refractivity contribution in [2.24, 2.45) is 0 Å². The summed E-state index contributed by atoms with van der Waals surface area (Å²) in [6, 6.07) is 14.2. The molecule has 0 unspecified atom stereocenters. The molecule has 0 aliphatic heterocycles. The second-order valence-corrected chi connectivity index (χ2v) is 10.2. The van der Waals surface area contributed by atoms with E-state index in [2.05, 4.69) is 20.3 Å². The molecule has 9 heteroatoms. The lowest BCUT2D eigenvalue weighted by Gasteiger charge is -2.09. The van der Waals surface area contributed by atoms with Gasteiger partial charge < -0.3 is 4.57 Å². The van der Waals surface area contributed by atoms with E-state index in [4.69, 9.17) is 11.6 Å². The maximum atomic E-state index is 12.5. The van der Waals surface area contributed by atoms with Crippen LogP contribution < -0.4 is 4.72 Å². The first-order valence-corrected chi connectivity index (χ1v) is 12.3. The molecular weight excluding hydrogens is 454 g/mol. The Bertz CT molecular complexity index is 1330. The van der Waals surface area contributed by atoms with Crippen molar-refractivity contribution in [2.45, 2.75) is 31.2 Å². The minimum absolute atomic E-state index is 0.0896. The average molecular weight is 474 g/mol. The highest BCUT2D eigenvalue weighted by molar-refractivity contribution is 7.93. The van der Waals surface area contributed by atoms with Crippen LogP contribution in [0.25, 0.3) is 10.9 Å². The number of aromatic nitrogens is 2. The number of carbonyl (C=O) groups excluding carboxylic acids is 1. The van der Waals surface area contributed by atoms with Gasteiger partial charge in [0, 0.05) is 52.6 Å². The number of halogens is 1. The second-order valence-electron chi connectivity index (χ2n) is 7.19. The number of Topliss-reactive ketones (excluding diaryl/α,β-unsaturated/α-hetero) is 1. The fourth-order valence-corrected chi connectivity index (χ4v) is 5.43. The van der Waals surface area contributed by atoms with E-state index in [0.29, 0.717) is 23.1 Å². The number of hydrogen-bond donors (Lipinski definition) is 1. The standard InChI is InChI=1S/C22H20ClN3O3S2/c1-15-12-17-14-18(23)4-7-21(17)26(15)10-8-19(27)13-16-2-5-20(6-3-16)31(28,29)25-22-24-9-11-30-22/h2-7,9,11-12,14H,8,10,13H2,1H3,(H,24,25). The predicted molar refractivity (Wildman–Crippen MR) is 124 cm³/mol. The predicted octanol–water partition coefficient (Wildman–Crippen LogP) is 5.06. The van der Waals surface area contributed by atoms with E-state index in [9.17, 15) is 13.2 Å². The summed E-state index contributed by atoms with van der Waals surface area (Å²) in [6.07, 6.45) is 2.17. The summed E-state index contributed by atoms with van der Waals surface area (Å²) < 4.78 is 29.4. The number of thiazole rings is 1. The van der Waals surface area contributed by atoms with Crippen molar-refractivity contribution in [3.05, 3.63) is 76.4 Å². The molecule has 31 heavy (non-hydrogen) atoms. The highest BCUT2D eigenvalue weighted by atomic mass is 35.5. The van der Waals surface area contributed by atoms with Gasteiger partial charge in [0.2, 0.25) is 0 Å². The molecule has 0 saturated carbocycles. The molecule has 0 aliphatic rings. The lowest BCUT2D eigenvalue weighted by atomic mass is 10.1. The van der Waals surface area contributed by atoms with Crippen LogP contribution in [-0.4, -0.2) is 23.8 Å². The molecule has 2 aromatic carbocycles. The zero-order valence-electron chi connectivity index (χ0n) is 16.7. The van der Waals surface area contributed by atoms with Gasteiger partial charge in [0.1, 0.15) is 5.78 Å². The van der Waals surface area contributed by atoms with Gasteiger partial charge in [0.15, 0.2) is 5.13 Å². The average Bonchev–Trinajstić information content (AvgIpc) is 3.33. The highest BCUT2D eigenvalue weighted by Crippen LogP contribution is 2.24. The van der Waals surface area contributed by atoms with Crippen molar-refractivity contribution in [1.29, 1.82) is 0 Å². The number of benzene rings is 2. The van der Waals surface area contributed by atoms with Crippen molar-refractivity contribution in [3.63, 3.8) is 0 Å². The Balaban J connectivity index is 1.39. The monoisotopic (exact) mass is 473 g/mol. The summed E-state index contributed by atoms with van der Waals surface area (Å²) in [5, 5.41) is 3.75. The van der Waals surface area contributed by atoms with Gasteiger partial charge in [-0.2, -0.15) is 0 Å². The smallest absolute Gasteiger partial charge is 0.263 e. The SMILES string of the molecule is Cc1cc2cc(Cl)ccc2n1CCC(=O)Cc1ccc(S(=O)(=O)Nc2nccs2)cc1. The third-order valence-corrected chi connectivity index (χ3v) is 7.38. The molecule has 0 saturated heterocycles. The molecule has 0 amide bonds. The molecule has 1 N–H and O–H groups in total. The Morgan fingerprint density at radius 1 is 1.16 bits per heavy atom. The number of sulfonamides is 1. The summed E-state index contributed by atoms with van der Waals surface area (Å²) in [5.74, 6) is 0.0896. The van der Waals surface area contributed by atoms with E-state index in [1.165, 1.54) is 29.7 Å². The van der Waals surface area contributed by atoms with E-state index in [1.54, 1.807) is 17.5 Å². The third kappa shape index (κ3) is 4.98. The number of aryl methyl sites for hydroxylation is 2. The summed E-state index contributed by atoms with van der Waals surface area (Å²) in [4.78, 5) is 16.6. The fourth-order valence-electron chi connectivity index (χ4n) is 3.46. The summed E-state index contributed by atoms with van der Waals surface area (Å²) in [6.45, 7) is 2.59. The van der Waals surface area contributed by atoms with Crippen molar-refractivity contribution < 1.29 is 13.2 Å². The zero-order valence-corrected chi connectivity index (χ0v) is 19.1. The molecule has 2 heterocycles. The van der Waals surface area contributed by atoms with Gasteiger partial charge >= 0.3 is 0 Å². The number of carbonyl (C=O) groups is 1. The molecule has 4 aromatic rings. The van der Waals surface area contributed by atoms with E-state index in [0.717, 1.165) is 22.2 Å². The van der Waals surface area contributed by atoms with Gasteiger partial charge in [-0.1, -0.05) is 23.7 Å². The van der Waals surface area contributed by atoms with Crippen LogP contribution in [0.2, 0.25) is 5.02 Å². The van der Waals surface area contributed by atoms with Crippen LogP contribution in [0.5, 0.6) is 0 Å². The van der Waals surface area contributed by atoms with Gasteiger partial charge in [-0.25, -0.2) is 13.4 Å². The van der Waals surface area contributed by atoms with Gasteiger partial charge in [-0.15, -0.1) is 11.3 Å². The Kier molecular flexibility index (Phi) is 6.13. The van der Waals surface area contributed by atoms with Crippen LogP contribution in [0.4, 0.5) is 5.13 Å². The van der Waals surface area contributed by atoms with Crippen LogP contribution >= 0.6 is 22.9 Å². The van der Waals surface area contributed by atoms with Crippen LogP contribution in [0, 0.1) is 6.92 Å². The Labute approximate surface area is 189 Å². The molecule has 6 nitrogen and oxygen atoms in total. The normalized spacial score (nSPS) is 11.7. The van der Waals surface area contributed by atoms with Crippen LogP contribution in [0.3, 0.4) is 0 Å². The highest BCUT2D eigenvalue weighted by Gasteiger charge is 2.16. The lowest BCUT2D eigenvalue weighted by molar-refractivity contribution is -0.118. The molecule has 4 rings (SSSR count). The Morgan fingerprint density at radius 3 is 2.65 bits per heavy atom. The van der Waals surface area contributed by atoms with Crippen LogP contribution in [-0.2, 0) is 27.8 Å². The minimum Gasteiger partial charge on any atom is -0.344 e. The maximum absolute atomic E-state index is 12.5. The molecule has 2 aromatic heterocycles. The van der Waals surface area contributed by atoms with Gasteiger partial charge in [0.25, 0.3) is 10.0 Å². The maximum Gasteiger partial charge on any atom is 0.263 e. The zero-order chi connectivity index (χ0) is 22.0. The topological polar surface area (TPSA) is 81.1 Å². The van der Waals surface area contributed by atoms with E-state index >= 15 is 0 Å². The molecular formula is C22H20ClN3O3S2. The first-order valence-electron chi connectivity index (χ1n) is 9.60. The quantitative estimate of drug-likeness (QED) is 0.387. The number of rotatable bonds is 8. The first-order chi connectivity index (χ1) is 14.8. The van der Waals surface area contributed by atoms with Gasteiger partial charge in [0.05, 0.1) is 4.90 Å². The first kappa shape index (κ1) is 21.5. The molecule has 0 spiro atoms. The third-order valence-electron chi connectivity index (χ3n) is 4.97. The number of nitrogens with one attached hydrogen (secondary N) is 1. The van der Waals surface area contributed by atoms with Crippen molar-refractivity contribution in [1.82, 2.24) is 9.55 Å². The number of hydrogen-bond acceptors (Lipinski definition) is 5. The summed E-state index contributed by atoms with van der Waals surface area (Å²) in [7, 11) is -3.70. The van der Waals surface area contributed by atoms with E-state index < -0.39 is 10.0 Å². The largest absolute Gasteiger partial charge is 0.344 e. The fraction of sp³-hybridized carbons (Fsp3) is 0.182. The lowest BCUT2D eigenvalue weighted by Crippen LogP contribution is -2.13. The van der Waals surface area contributed by atoms with Crippen molar-refractivity contribution in [3.8, 4) is 0 Å². The second kappa shape index (κ2) is 8.82. The number of nitrogens with zero attached hydrogens (tertiary/aromatic N) is 2. The van der Waals surface area contributed by atoms with Crippen LogP contribution in [0.1, 0.15) is 17.7 Å². The van der Waals surface area contributed by atoms with Crippen molar-refractivity contribution in [2.75, 3.05) is 4.72 Å². The molecule has 0 aliphatic carbocycles.